The van der Waals surface area contributed by atoms with Gasteiger partial charge in [0.25, 0.3) is 0 Å². The van der Waals surface area contributed by atoms with E-state index in [1.165, 1.54) is 16.7 Å². The molecule has 2 heterocycles. The molecule has 5 nitrogen and oxygen atoms in total. The summed E-state index contributed by atoms with van der Waals surface area (Å²) in [5.74, 6) is 0.0647. The van der Waals surface area contributed by atoms with E-state index in [0.717, 1.165) is 18.4 Å². The summed E-state index contributed by atoms with van der Waals surface area (Å²) in [5.41, 5.74) is 4.18. The van der Waals surface area contributed by atoms with Crippen molar-refractivity contribution in [1.82, 2.24) is 15.6 Å². The van der Waals surface area contributed by atoms with Crippen molar-refractivity contribution in [3.63, 3.8) is 0 Å². The zero-order valence-corrected chi connectivity index (χ0v) is 17.5. The molecule has 0 spiro atoms. The van der Waals surface area contributed by atoms with Crippen LogP contribution >= 0.6 is 0 Å². The average Bonchev–Trinajstić information content (AvgIpc) is 3.18. The SMILES string of the molecule is O=C(CCC1(Cc2ccc(-c3ccccc3)cc2)CCC(=O)N1)NCc1ccncc1. The Hall–Kier alpha value is -3.47. The Morgan fingerprint density at radius 1 is 0.935 bits per heavy atom. The smallest absolute Gasteiger partial charge is 0.220 e. The van der Waals surface area contributed by atoms with E-state index in [2.05, 4.69) is 52.0 Å². The highest BCUT2D eigenvalue weighted by Crippen LogP contribution is 2.30. The molecule has 0 aliphatic carbocycles. The summed E-state index contributed by atoms with van der Waals surface area (Å²) in [6, 6.07) is 22.5. The fourth-order valence-corrected chi connectivity index (χ4v) is 4.16. The number of nitrogens with zero attached hydrogens (tertiary/aromatic N) is 1. The van der Waals surface area contributed by atoms with E-state index in [1.807, 2.05) is 30.3 Å². The minimum absolute atomic E-state index is 0.00300. The van der Waals surface area contributed by atoms with Crippen molar-refractivity contribution in [3.8, 4) is 11.1 Å². The van der Waals surface area contributed by atoms with Crippen LogP contribution in [0.5, 0.6) is 0 Å². The number of hydrogen-bond acceptors (Lipinski definition) is 3. The monoisotopic (exact) mass is 413 g/mol. The molecular formula is C26H27N3O2. The molecule has 5 heteroatoms. The van der Waals surface area contributed by atoms with E-state index in [4.69, 9.17) is 0 Å². The normalized spacial score (nSPS) is 17.9. The molecule has 1 aromatic heterocycles. The molecule has 2 aromatic carbocycles. The van der Waals surface area contributed by atoms with Gasteiger partial charge in [-0.25, -0.2) is 0 Å². The Balaban J connectivity index is 1.37. The van der Waals surface area contributed by atoms with Crippen molar-refractivity contribution in [2.45, 2.75) is 44.2 Å². The van der Waals surface area contributed by atoms with Crippen LogP contribution in [0.1, 0.15) is 36.8 Å². The molecule has 4 rings (SSSR count). The minimum Gasteiger partial charge on any atom is -0.352 e. The third-order valence-corrected chi connectivity index (χ3v) is 5.91. The molecule has 0 bridgehead atoms. The molecule has 0 radical (unpaired) electrons. The minimum atomic E-state index is -0.362. The second-order valence-corrected chi connectivity index (χ2v) is 8.20. The number of aromatic nitrogens is 1. The highest BCUT2D eigenvalue weighted by Gasteiger charge is 2.37. The Kier molecular flexibility index (Phi) is 6.41. The lowest BCUT2D eigenvalue weighted by molar-refractivity contribution is -0.122. The van der Waals surface area contributed by atoms with Crippen LogP contribution in [0.3, 0.4) is 0 Å². The van der Waals surface area contributed by atoms with E-state index in [9.17, 15) is 9.59 Å². The number of rotatable bonds is 8. The summed E-state index contributed by atoms with van der Waals surface area (Å²) in [6.45, 7) is 0.488. The molecule has 2 amide bonds. The molecule has 1 aliphatic rings. The van der Waals surface area contributed by atoms with E-state index in [-0.39, 0.29) is 17.4 Å². The van der Waals surface area contributed by atoms with Crippen LogP contribution in [0.25, 0.3) is 11.1 Å². The van der Waals surface area contributed by atoms with E-state index in [0.29, 0.717) is 25.8 Å². The molecule has 1 atom stereocenters. The van der Waals surface area contributed by atoms with Gasteiger partial charge < -0.3 is 10.6 Å². The van der Waals surface area contributed by atoms with Crippen molar-refractivity contribution in [2.24, 2.45) is 0 Å². The Morgan fingerprint density at radius 3 is 2.32 bits per heavy atom. The first-order valence-corrected chi connectivity index (χ1v) is 10.7. The van der Waals surface area contributed by atoms with Gasteiger partial charge in [0.1, 0.15) is 0 Å². The number of amides is 2. The van der Waals surface area contributed by atoms with Crippen LogP contribution in [0.4, 0.5) is 0 Å². The van der Waals surface area contributed by atoms with Crippen LogP contribution in [0, 0.1) is 0 Å². The average molecular weight is 414 g/mol. The van der Waals surface area contributed by atoms with Gasteiger partial charge in [-0.1, -0.05) is 54.6 Å². The maximum Gasteiger partial charge on any atom is 0.220 e. The fourth-order valence-electron chi connectivity index (χ4n) is 4.16. The van der Waals surface area contributed by atoms with Crippen molar-refractivity contribution >= 4 is 11.8 Å². The van der Waals surface area contributed by atoms with Gasteiger partial charge in [0.05, 0.1) is 0 Å². The quantitative estimate of drug-likeness (QED) is 0.586. The van der Waals surface area contributed by atoms with Crippen LogP contribution < -0.4 is 10.6 Å². The Labute approximate surface area is 182 Å². The Bertz CT molecular complexity index is 1020. The van der Waals surface area contributed by atoms with Crippen LogP contribution in [-0.4, -0.2) is 22.3 Å². The second kappa shape index (κ2) is 9.56. The first kappa shape index (κ1) is 20.8. The van der Waals surface area contributed by atoms with Gasteiger partial charge in [-0.2, -0.15) is 0 Å². The van der Waals surface area contributed by atoms with E-state index < -0.39 is 0 Å². The summed E-state index contributed by atoms with van der Waals surface area (Å²) in [5, 5.41) is 6.13. The number of benzene rings is 2. The highest BCUT2D eigenvalue weighted by atomic mass is 16.2. The summed E-state index contributed by atoms with van der Waals surface area (Å²) in [4.78, 5) is 28.4. The first-order chi connectivity index (χ1) is 15.1. The number of hydrogen-bond donors (Lipinski definition) is 2. The number of pyridine rings is 1. The van der Waals surface area contributed by atoms with Crippen molar-refractivity contribution in [3.05, 3.63) is 90.3 Å². The van der Waals surface area contributed by atoms with Gasteiger partial charge in [0, 0.05) is 37.3 Å². The lowest BCUT2D eigenvalue weighted by atomic mass is 9.84. The number of nitrogens with one attached hydrogen (secondary N) is 2. The molecule has 31 heavy (non-hydrogen) atoms. The summed E-state index contributed by atoms with van der Waals surface area (Å²) in [6.07, 6.45) is 6.44. The van der Waals surface area contributed by atoms with Gasteiger partial charge in [-0.3, -0.25) is 14.6 Å². The van der Waals surface area contributed by atoms with Gasteiger partial charge in [0.15, 0.2) is 0 Å². The second-order valence-electron chi connectivity index (χ2n) is 8.20. The van der Waals surface area contributed by atoms with Crippen molar-refractivity contribution in [1.29, 1.82) is 0 Å². The van der Waals surface area contributed by atoms with Crippen LogP contribution in [0.15, 0.2) is 79.1 Å². The molecule has 1 unspecified atom stereocenters. The molecule has 1 aliphatic heterocycles. The molecule has 3 aromatic rings. The van der Waals surface area contributed by atoms with E-state index >= 15 is 0 Å². The third kappa shape index (κ3) is 5.57. The number of carbonyl (C=O) groups excluding carboxylic acids is 2. The molecular weight excluding hydrogens is 386 g/mol. The summed E-state index contributed by atoms with van der Waals surface area (Å²) >= 11 is 0. The van der Waals surface area contributed by atoms with Gasteiger partial charge >= 0.3 is 0 Å². The lowest BCUT2D eigenvalue weighted by Gasteiger charge is -2.29. The predicted octanol–water partition coefficient (Wildman–Crippen LogP) is 4.04. The lowest BCUT2D eigenvalue weighted by Crippen LogP contribution is -2.44. The van der Waals surface area contributed by atoms with Gasteiger partial charge in [0.2, 0.25) is 11.8 Å². The summed E-state index contributed by atoms with van der Waals surface area (Å²) in [7, 11) is 0. The first-order valence-electron chi connectivity index (χ1n) is 10.7. The summed E-state index contributed by atoms with van der Waals surface area (Å²) < 4.78 is 0. The molecule has 1 fully saturated rings. The van der Waals surface area contributed by atoms with Crippen LogP contribution in [-0.2, 0) is 22.6 Å². The zero-order valence-electron chi connectivity index (χ0n) is 17.5. The number of carbonyl (C=O) groups is 2. The third-order valence-electron chi connectivity index (χ3n) is 5.91. The maximum absolute atomic E-state index is 12.4. The molecule has 1 saturated heterocycles. The largest absolute Gasteiger partial charge is 0.352 e. The van der Waals surface area contributed by atoms with Gasteiger partial charge in [-0.15, -0.1) is 0 Å². The molecule has 2 N–H and O–H groups in total. The van der Waals surface area contributed by atoms with Crippen molar-refractivity contribution < 1.29 is 9.59 Å². The standard InChI is InChI=1S/C26H27N3O2/c30-24(28-19-21-12-16-27-17-13-21)10-14-26(15-11-25(31)29-26)18-20-6-8-23(9-7-20)22-4-2-1-3-5-22/h1-9,12-13,16-17H,10-11,14-15,18-19H2,(H,28,30)(H,29,31). The molecule has 158 valence electrons. The zero-order chi connectivity index (χ0) is 21.5. The molecule has 0 saturated carbocycles. The van der Waals surface area contributed by atoms with Gasteiger partial charge in [-0.05, 0) is 53.6 Å². The topological polar surface area (TPSA) is 71.1 Å². The Morgan fingerprint density at radius 2 is 1.65 bits per heavy atom. The van der Waals surface area contributed by atoms with Crippen molar-refractivity contribution in [2.75, 3.05) is 0 Å². The maximum atomic E-state index is 12.4. The van der Waals surface area contributed by atoms with Crippen LogP contribution in [0.2, 0.25) is 0 Å². The highest BCUT2D eigenvalue weighted by molar-refractivity contribution is 5.80. The van der Waals surface area contributed by atoms with E-state index in [1.54, 1.807) is 12.4 Å². The fraction of sp³-hybridized carbons (Fsp3) is 0.269. The predicted molar refractivity (Wildman–Crippen MR) is 121 cm³/mol.